The number of nitrogens with zero attached hydrogens (tertiary/aromatic N) is 1. The number of ether oxygens (including phenoxy) is 2. The largest absolute Gasteiger partial charge is 0.497 e. The van der Waals surface area contributed by atoms with Crippen LogP contribution in [0.5, 0.6) is 5.75 Å². The molecular formula is C14H18N2O2. The van der Waals surface area contributed by atoms with Crippen molar-refractivity contribution in [2.45, 2.75) is 13.5 Å². The van der Waals surface area contributed by atoms with E-state index >= 15 is 0 Å². The molecule has 1 aromatic carbocycles. The van der Waals surface area contributed by atoms with Crippen LogP contribution in [0, 0.1) is 0 Å². The number of aromatic nitrogens is 1. The van der Waals surface area contributed by atoms with Crippen LogP contribution in [-0.2, 0) is 11.3 Å². The van der Waals surface area contributed by atoms with Crippen molar-refractivity contribution in [3.05, 3.63) is 29.8 Å². The molecule has 0 aliphatic heterocycles. The number of rotatable bonds is 5. The topological polar surface area (TPSA) is 43.4 Å². The lowest BCUT2D eigenvalue weighted by Gasteiger charge is -2.11. The van der Waals surface area contributed by atoms with Gasteiger partial charge in [-0.1, -0.05) is 0 Å². The molecule has 1 aromatic heterocycles. The van der Waals surface area contributed by atoms with E-state index in [0.717, 1.165) is 34.6 Å². The van der Waals surface area contributed by atoms with Crippen molar-refractivity contribution in [2.75, 3.05) is 26.1 Å². The van der Waals surface area contributed by atoms with Crippen molar-refractivity contribution in [2.24, 2.45) is 0 Å². The van der Waals surface area contributed by atoms with E-state index in [1.807, 2.05) is 25.1 Å². The van der Waals surface area contributed by atoms with Crippen LogP contribution in [-0.4, -0.2) is 25.7 Å². The van der Waals surface area contributed by atoms with Gasteiger partial charge in [0.05, 0.1) is 19.2 Å². The first-order valence-corrected chi connectivity index (χ1v) is 5.99. The first-order chi connectivity index (χ1) is 8.78. The number of pyridine rings is 1. The standard InChI is InChI=1S/C14H18N2O2/c1-4-15-14-11(9-17-2)7-10-5-6-12(18-3)8-13(10)16-14/h5-8H,4,9H2,1-3H3,(H,15,16). The van der Waals surface area contributed by atoms with E-state index in [4.69, 9.17) is 9.47 Å². The molecule has 0 atom stereocenters. The van der Waals surface area contributed by atoms with E-state index in [0.29, 0.717) is 6.61 Å². The van der Waals surface area contributed by atoms with Crippen LogP contribution in [0.2, 0.25) is 0 Å². The summed E-state index contributed by atoms with van der Waals surface area (Å²) in [7, 11) is 3.35. The third kappa shape index (κ3) is 2.54. The molecule has 0 fully saturated rings. The SMILES string of the molecule is CCNc1nc2cc(OC)ccc2cc1COC. The minimum atomic E-state index is 0.553. The number of anilines is 1. The number of hydrogen-bond acceptors (Lipinski definition) is 4. The van der Waals surface area contributed by atoms with Crippen LogP contribution in [0.4, 0.5) is 5.82 Å². The Morgan fingerprint density at radius 1 is 1.22 bits per heavy atom. The zero-order valence-electron chi connectivity index (χ0n) is 11.0. The molecule has 0 amide bonds. The molecule has 18 heavy (non-hydrogen) atoms. The first-order valence-electron chi connectivity index (χ1n) is 5.99. The monoisotopic (exact) mass is 246 g/mol. The van der Waals surface area contributed by atoms with Crippen molar-refractivity contribution in [3.8, 4) is 5.75 Å². The van der Waals surface area contributed by atoms with Crippen molar-refractivity contribution >= 4 is 16.7 Å². The summed E-state index contributed by atoms with van der Waals surface area (Å²) in [5.41, 5.74) is 1.99. The highest BCUT2D eigenvalue weighted by Gasteiger charge is 2.07. The Morgan fingerprint density at radius 3 is 2.72 bits per heavy atom. The first kappa shape index (κ1) is 12.6. The molecule has 0 saturated carbocycles. The molecule has 0 saturated heterocycles. The van der Waals surface area contributed by atoms with Crippen LogP contribution < -0.4 is 10.1 Å². The summed E-state index contributed by atoms with van der Waals surface area (Å²) >= 11 is 0. The Balaban J connectivity index is 2.52. The van der Waals surface area contributed by atoms with Crippen molar-refractivity contribution < 1.29 is 9.47 Å². The zero-order valence-corrected chi connectivity index (χ0v) is 11.0. The van der Waals surface area contributed by atoms with Crippen LogP contribution in [0.15, 0.2) is 24.3 Å². The Kier molecular flexibility index (Phi) is 3.99. The van der Waals surface area contributed by atoms with Crippen LogP contribution in [0.3, 0.4) is 0 Å². The molecule has 0 unspecified atom stereocenters. The lowest BCUT2D eigenvalue weighted by molar-refractivity contribution is 0.185. The van der Waals surface area contributed by atoms with E-state index in [1.165, 1.54) is 0 Å². The molecule has 4 nitrogen and oxygen atoms in total. The molecule has 0 aliphatic carbocycles. The molecule has 2 aromatic rings. The predicted octanol–water partition coefficient (Wildman–Crippen LogP) is 2.82. The van der Waals surface area contributed by atoms with Gasteiger partial charge >= 0.3 is 0 Å². The smallest absolute Gasteiger partial charge is 0.132 e. The molecule has 1 heterocycles. The van der Waals surface area contributed by atoms with Gasteiger partial charge in [-0.25, -0.2) is 4.98 Å². The zero-order chi connectivity index (χ0) is 13.0. The number of fused-ring (bicyclic) bond motifs is 1. The Labute approximate surface area is 107 Å². The molecule has 96 valence electrons. The van der Waals surface area contributed by atoms with Gasteiger partial charge in [-0.15, -0.1) is 0 Å². The van der Waals surface area contributed by atoms with Crippen molar-refractivity contribution in [3.63, 3.8) is 0 Å². The van der Waals surface area contributed by atoms with Gasteiger partial charge in [-0.3, -0.25) is 0 Å². The highest BCUT2D eigenvalue weighted by atomic mass is 16.5. The van der Waals surface area contributed by atoms with Gasteiger partial charge in [0.25, 0.3) is 0 Å². The quantitative estimate of drug-likeness (QED) is 0.881. The molecule has 0 bridgehead atoms. The van der Waals surface area contributed by atoms with Gasteiger partial charge in [0.15, 0.2) is 0 Å². The number of hydrogen-bond donors (Lipinski definition) is 1. The molecule has 2 rings (SSSR count). The van der Waals surface area contributed by atoms with E-state index in [9.17, 15) is 0 Å². The number of nitrogens with one attached hydrogen (secondary N) is 1. The fourth-order valence-electron chi connectivity index (χ4n) is 1.90. The van der Waals surface area contributed by atoms with Crippen molar-refractivity contribution in [1.29, 1.82) is 0 Å². The highest BCUT2D eigenvalue weighted by molar-refractivity contribution is 5.83. The summed E-state index contributed by atoms with van der Waals surface area (Å²) in [6, 6.07) is 7.99. The van der Waals surface area contributed by atoms with Crippen LogP contribution >= 0.6 is 0 Å². The molecule has 0 radical (unpaired) electrons. The molecule has 0 spiro atoms. The second-order valence-corrected chi connectivity index (χ2v) is 4.02. The van der Waals surface area contributed by atoms with E-state index < -0.39 is 0 Å². The molecule has 4 heteroatoms. The minimum Gasteiger partial charge on any atom is -0.497 e. The summed E-state index contributed by atoms with van der Waals surface area (Å²) in [5.74, 6) is 1.69. The Bertz CT molecular complexity index is 541. The summed E-state index contributed by atoms with van der Waals surface area (Å²) in [6.45, 7) is 3.44. The van der Waals surface area contributed by atoms with E-state index in [2.05, 4.69) is 16.4 Å². The normalized spacial score (nSPS) is 10.6. The third-order valence-corrected chi connectivity index (χ3v) is 2.75. The predicted molar refractivity (Wildman–Crippen MR) is 73.2 cm³/mol. The molecular weight excluding hydrogens is 228 g/mol. The molecule has 1 N–H and O–H groups in total. The lowest BCUT2D eigenvalue weighted by Crippen LogP contribution is -2.04. The maximum absolute atomic E-state index is 5.21. The van der Waals surface area contributed by atoms with Crippen LogP contribution in [0.25, 0.3) is 10.9 Å². The summed E-state index contributed by atoms with van der Waals surface area (Å²) in [6.07, 6.45) is 0. The summed E-state index contributed by atoms with van der Waals surface area (Å²) < 4.78 is 10.4. The van der Waals surface area contributed by atoms with Gasteiger partial charge in [-0.2, -0.15) is 0 Å². The number of benzene rings is 1. The fraction of sp³-hybridized carbons (Fsp3) is 0.357. The average molecular weight is 246 g/mol. The average Bonchev–Trinajstić information content (AvgIpc) is 2.39. The number of methoxy groups -OCH3 is 2. The highest BCUT2D eigenvalue weighted by Crippen LogP contribution is 2.24. The third-order valence-electron chi connectivity index (χ3n) is 2.75. The lowest BCUT2D eigenvalue weighted by atomic mass is 10.1. The van der Waals surface area contributed by atoms with Gasteiger partial charge in [0.1, 0.15) is 11.6 Å². The molecule has 0 aliphatic rings. The minimum absolute atomic E-state index is 0.553. The maximum atomic E-state index is 5.21. The van der Waals surface area contributed by atoms with E-state index in [-0.39, 0.29) is 0 Å². The van der Waals surface area contributed by atoms with Gasteiger partial charge in [0, 0.05) is 30.7 Å². The Morgan fingerprint density at radius 2 is 2.06 bits per heavy atom. The fourth-order valence-corrected chi connectivity index (χ4v) is 1.90. The van der Waals surface area contributed by atoms with E-state index in [1.54, 1.807) is 14.2 Å². The maximum Gasteiger partial charge on any atom is 0.132 e. The summed E-state index contributed by atoms with van der Waals surface area (Å²) in [4.78, 5) is 4.62. The summed E-state index contributed by atoms with van der Waals surface area (Å²) in [5, 5.41) is 4.35. The second kappa shape index (κ2) is 5.69. The van der Waals surface area contributed by atoms with Crippen LogP contribution in [0.1, 0.15) is 12.5 Å². The van der Waals surface area contributed by atoms with Crippen molar-refractivity contribution in [1.82, 2.24) is 4.98 Å². The van der Waals surface area contributed by atoms with Gasteiger partial charge < -0.3 is 14.8 Å². The van der Waals surface area contributed by atoms with Gasteiger partial charge in [-0.05, 0) is 25.1 Å². The second-order valence-electron chi connectivity index (χ2n) is 4.02. The Hall–Kier alpha value is -1.81. The van der Waals surface area contributed by atoms with Gasteiger partial charge in [0.2, 0.25) is 0 Å².